The van der Waals surface area contributed by atoms with E-state index in [2.05, 4.69) is 0 Å². The van der Waals surface area contributed by atoms with Gasteiger partial charge in [0.15, 0.2) is 5.78 Å². The van der Waals surface area contributed by atoms with Gasteiger partial charge in [0.2, 0.25) is 0 Å². The number of rotatable bonds is 3. The van der Waals surface area contributed by atoms with Gasteiger partial charge in [0.1, 0.15) is 5.75 Å². The normalized spacial score (nSPS) is 10.2. The molecule has 0 heterocycles. The molecule has 3 heteroatoms. The number of halogens is 1. The zero-order chi connectivity index (χ0) is 13.1. The van der Waals surface area contributed by atoms with E-state index in [9.17, 15) is 4.79 Å². The summed E-state index contributed by atoms with van der Waals surface area (Å²) in [5.41, 5.74) is 2.22. The monoisotopic (exact) mass is 260 g/mol. The van der Waals surface area contributed by atoms with Gasteiger partial charge in [-0.25, -0.2) is 0 Å². The minimum Gasteiger partial charge on any atom is -0.496 e. The van der Waals surface area contributed by atoms with Crippen LogP contribution in [0.4, 0.5) is 0 Å². The van der Waals surface area contributed by atoms with Crippen molar-refractivity contribution in [1.29, 1.82) is 0 Å². The highest BCUT2D eigenvalue weighted by Gasteiger charge is 2.14. The minimum absolute atomic E-state index is 0.0886. The van der Waals surface area contributed by atoms with E-state index in [-0.39, 0.29) is 5.78 Å². The molecule has 0 saturated heterocycles. The molecule has 0 saturated carbocycles. The van der Waals surface area contributed by atoms with Crippen LogP contribution in [0, 0.1) is 6.92 Å². The molecular weight excluding hydrogens is 248 g/mol. The van der Waals surface area contributed by atoms with Gasteiger partial charge in [-0.1, -0.05) is 41.4 Å². The Morgan fingerprint density at radius 2 is 1.78 bits per heavy atom. The molecule has 18 heavy (non-hydrogen) atoms. The highest BCUT2D eigenvalue weighted by molar-refractivity contribution is 6.31. The minimum atomic E-state index is -0.0886. The number of hydrogen-bond acceptors (Lipinski definition) is 2. The van der Waals surface area contributed by atoms with Gasteiger partial charge in [0, 0.05) is 10.6 Å². The second kappa shape index (κ2) is 5.23. The highest BCUT2D eigenvalue weighted by Crippen LogP contribution is 2.25. The average Bonchev–Trinajstić information content (AvgIpc) is 2.39. The molecule has 0 spiro atoms. The van der Waals surface area contributed by atoms with Crippen molar-refractivity contribution in [1.82, 2.24) is 0 Å². The van der Waals surface area contributed by atoms with Gasteiger partial charge in [0.25, 0.3) is 0 Å². The lowest BCUT2D eigenvalue weighted by molar-refractivity contribution is 0.103. The molecule has 2 aromatic rings. The maximum atomic E-state index is 12.4. The second-order valence-corrected chi connectivity index (χ2v) is 4.48. The lowest BCUT2D eigenvalue weighted by Crippen LogP contribution is -2.04. The fourth-order valence-electron chi connectivity index (χ4n) is 1.72. The number of ether oxygens (including phenoxy) is 1. The van der Waals surface area contributed by atoms with Crippen molar-refractivity contribution in [3.05, 3.63) is 64.2 Å². The third-order valence-electron chi connectivity index (χ3n) is 2.72. The molecule has 92 valence electrons. The van der Waals surface area contributed by atoms with Crippen LogP contribution in [0.15, 0.2) is 42.5 Å². The summed E-state index contributed by atoms with van der Waals surface area (Å²) in [5, 5.41) is 0.520. The van der Waals surface area contributed by atoms with Crippen LogP contribution >= 0.6 is 11.6 Å². The summed E-state index contributed by atoms with van der Waals surface area (Å²) in [4.78, 5) is 12.4. The van der Waals surface area contributed by atoms with Gasteiger partial charge in [-0.3, -0.25) is 4.79 Å². The maximum absolute atomic E-state index is 12.4. The summed E-state index contributed by atoms with van der Waals surface area (Å²) in [6.45, 7) is 1.98. The fraction of sp³-hybridized carbons (Fsp3) is 0.133. The number of carbonyl (C=O) groups excluding carboxylic acids is 1. The zero-order valence-electron chi connectivity index (χ0n) is 10.2. The lowest BCUT2D eigenvalue weighted by atomic mass is 10.0. The Bertz CT molecular complexity index is 574. The Labute approximate surface area is 111 Å². The van der Waals surface area contributed by atoms with E-state index >= 15 is 0 Å². The molecule has 0 aliphatic rings. The van der Waals surface area contributed by atoms with Crippen molar-refractivity contribution >= 4 is 17.4 Å². The summed E-state index contributed by atoms with van der Waals surface area (Å²) >= 11 is 5.92. The van der Waals surface area contributed by atoms with Gasteiger partial charge in [-0.2, -0.15) is 0 Å². The second-order valence-electron chi connectivity index (χ2n) is 4.04. The predicted molar refractivity (Wildman–Crippen MR) is 72.6 cm³/mol. The summed E-state index contributed by atoms with van der Waals surface area (Å²) in [6, 6.07) is 12.4. The van der Waals surface area contributed by atoms with Crippen LogP contribution in [-0.4, -0.2) is 12.9 Å². The molecule has 0 aliphatic heterocycles. The van der Waals surface area contributed by atoms with Crippen LogP contribution in [0.25, 0.3) is 0 Å². The number of aryl methyl sites for hydroxylation is 1. The molecule has 0 amide bonds. The molecule has 0 atom stereocenters. The first-order valence-electron chi connectivity index (χ1n) is 5.56. The number of carbonyl (C=O) groups is 1. The standard InChI is InChI=1S/C15H13ClO2/c1-10-3-5-11(6-4-10)15(17)13-9-12(16)7-8-14(13)18-2/h3-9H,1-2H3. The summed E-state index contributed by atoms with van der Waals surface area (Å²) in [6.07, 6.45) is 0. The third kappa shape index (κ3) is 2.54. The molecule has 0 N–H and O–H groups in total. The van der Waals surface area contributed by atoms with E-state index in [1.807, 2.05) is 19.1 Å². The third-order valence-corrected chi connectivity index (χ3v) is 2.96. The van der Waals surface area contributed by atoms with Crippen molar-refractivity contribution in [3.8, 4) is 5.75 Å². The van der Waals surface area contributed by atoms with Crippen LogP contribution < -0.4 is 4.74 Å². The fourth-order valence-corrected chi connectivity index (χ4v) is 1.89. The molecule has 0 bridgehead atoms. The van der Waals surface area contributed by atoms with Crippen molar-refractivity contribution in [3.63, 3.8) is 0 Å². The van der Waals surface area contributed by atoms with E-state index in [0.717, 1.165) is 5.56 Å². The van der Waals surface area contributed by atoms with Crippen molar-refractivity contribution in [2.24, 2.45) is 0 Å². The van der Waals surface area contributed by atoms with E-state index in [4.69, 9.17) is 16.3 Å². The average molecular weight is 261 g/mol. The first-order chi connectivity index (χ1) is 8.61. The smallest absolute Gasteiger partial charge is 0.196 e. The van der Waals surface area contributed by atoms with E-state index < -0.39 is 0 Å². The summed E-state index contributed by atoms with van der Waals surface area (Å²) < 4.78 is 5.19. The Kier molecular flexibility index (Phi) is 3.68. The van der Waals surface area contributed by atoms with Gasteiger partial charge in [-0.15, -0.1) is 0 Å². The zero-order valence-corrected chi connectivity index (χ0v) is 11.0. The number of methoxy groups -OCH3 is 1. The van der Waals surface area contributed by atoms with Crippen molar-refractivity contribution in [2.45, 2.75) is 6.92 Å². The molecule has 0 fully saturated rings. The first kappa shape index (κ1) is 12.7. The molecule has 2 aromatic carbocycles. The van der Waals surface area contributed by atoms with Crippen LogP contribution in [0.3, 0.4) is 0 Å². The summed E-state index contributed by atoms with van der Waals surface area (Å²) in [5.74, 6) is 0.444. The Morgan fingerprint density at radius 3 is 2.39 bits per heavy atom. The quantitative estimate of drug-likeness (QED) is 0.783. The van der Waals surface area contributed by atoms with E-state index in [0.29, 0.717) is 21.9 Å². The van der Waals surface area contributed by atoms with Gasteiger partial charge < -0.3 is 4.74 Å². The summed E-state index contributed by atoms with van der Waals surface area (Å²) in [7, 11) is 1.54. The van der Waals surface area contributed by atoms with Crippen molar-refractivity contribution in [2.75, 3.05) is 7.11 Å². The molecular formula is C15H13ClO2. The largest absolute Gasteiger partial charge is 0.496 e. The first-order valence-corrected chi connectivity index (χ1v) is 5.94. The highest BCUT2D eigenvalue weighted by atomic mass is 35.5. The van der Waals surface area contributed by atoms with Crippen LogP contribution in [-0.2, 0) is 0 Å². The van der Waals surface area contributed by atoms with Gasteiger partial charge in [-0.05, 0) is 25.1 Å². The maximum Gasteiger partial charge on any atom is 0.196 e. The van der Waals surface area contributed by atoms with Crippen LogP contribution in [0.5, 0.6) is 5.75 Å². The SMILES string of the molecule is COc1ccc(Cl)cc1C(=O)c1ccc(C)cc1. The molecule has 2 nitrogen and oxygen atoms in total. The molecule has 0 aromatic heterocycles. The van der Waals surface area contributed by atoms with Crippen LogP contribution in [0.1, 0.15) is 21.5 Å². The number of hydrogen-bond donors (Lipinski definition) is 0. The van der Waals surface area contributed by atoms with Gasteiger partial charge >= 0.3 is 0 Å². The number of benzene rings is 2. The molecule has 0 unspecified atom stereocenters. The Balaban J connectivity index is 2.45. The van der Waals surface area contributed by atoms with Gasteiger partial charge in [0.05, 0.1) is 12.7 Å². The van der Waals surface area contributed by atoms with Crippen molar-refractivity contribution < 1.29 is 9.53 Å². The number of ketones is 1. The van der Waals surface area contributed by atoms with Crippen LogP contribution in [0.2, 0.25) is 5.02 Å². The van der Waals surface area contributed by atoms with E-state index in [1.165, 1.54) is 7.11 Å². The topological polar surface area (TPSA) is 26.3 Å². The predicted octanol–water partition coefficient (Wildman–Crippen LogP) is 3.89. The lowest BCUT2D eigenvalue weighted by Gasteiger charge is -2.08. The molecule has 2 rings (SSSR count). The molecule has 0 radical (unpaired) electrons. The molecule has 0 aliphatic carbocycles. The Hall–Kier alpha value is -1.80. The Morgan fingerprint density at radius 1 is 1.11 bits per heavy atom. The van der Waals surface area contributed by atoms with E-state index in [1.54, 1.807) is 30.3 Å².